The van der Waals surface area contributed by atoms with Gasteiger partial charge in [-0.05, 0) is 30.3 Å². The first kappa shape index (κ1) is 17.2. The van der Waals surface area contributed by atoms with E-state index < -0.39 is 0 Å². The van der Waals surface area contributed by atoms with Crippen molar-refractivity contribution in [2.75, 3.05) is 0 Å². The van der Waals surface area contributed by atoms with Crippen LogP contribution in [0.25, 0.3) is 55.6 Å². The van der Waals surface area contributed by atoms with E-state index in [0.717, 1.165) is 38.9 Å². The van der Waals surface area contributed by atoms with Crippen molar-refractivity contribution in [3.8, 4) is 11.9 Å². The number of nitrogens with zero attached hydrogens (tertiary/aromatic N) is 5. The number of para-hydroxylation sites is 5. The van der Waals surface area contributed by atoms with E-state index in [2.05, 4.69) is 63.7 Å². The Morgan fingerprint density at radius 3 is 1.84 bits per heavy atom. The molecule has 32 heavy (non-hydrogen) atoms. The average Bonchev–Trinajstić information content (AvgIpc) is 3.39. The molecule has 0 radical (unpaired) electrons. The molecule has 5 heteroatoms. The monoisotopic (exact) mass is 411 g/mol. The van der Waals surface area contributed by atoms with Gasteiger partial charge >= 0.3 is 0 Å². The van der Waals surface area contributed by atoms with Gasteiger partial charge in [0.25, 0.3) is 0 Å². The lowest BCUT2D eigenvalue weighted by molar-refractivity contribution is 0.897. The molecule has 150 valence electrons. The Morgan fingerprint density at radius 1 is 0.500 bits per heavy atom. The minimum absolute atomic E-state index is 0.606. The number of hydrogen-bond donors (Lipinski definition) is 0. The molecular weight excluding hydrogens is 394 g/mol. The van der Waals surface area contributed by atoms with Gasteiger partial charge in [-0.2, -0.15) is 0 Å². The van der Waals surface area contributed by atoms with Gasteiger partial charge in [0.2, 0.25) is 11.9 Å². The molecule has 0 N–H and O–H groups in total. The molecule has 0 unspecified atom stereocenters. The van der Waals surface area contributed by atoms with Crippen molar-refractivity contribution >= 4 is 43.7 Å². The van der Waals surface area contributed by atoms with E-state index in [1.807, 2.05) is 48.7 Å². The van der Waals surface area contributed by atoms with Crippen LogP contribution in [0.1, 0.15) is 0 Å². The highest BCUT2D eigenvalue weighted by Crippen LogP contribution is 2.33. The van der Waals surface area contributed by atoms with Crippen LogP contribution in [0.3, 0.4) is 0 Å². The molecule has 0 aliphatic rings. The first-order valence-electron chi connectivity index (χ1n) is 10.6. The molecule has 0 bridgehead atoms. The van der Waals surface area contributed by atoms with Crippen molar-refractivity contribution in [1.29, 1.82) is 0 Å². The quantitative estimate of drug-likeness (QED) is 0.347. The number of benzene rings is 4. The van der Waals surface area contributed by atoms with Crippen LogP contribution in [0.15, 0.2) is 103 Å². The fraction of sp³-hybridized carbons (Fsp3) is 0. The van der Waals surface area contributed by atoms with Gasteiger partial charge in [-0.3, -0.25) is 4.57 Å². The van der Waals surface area contributed by atoms with Gasteiger partial charge in [0.1, 0.15) is 0 Å². The molecule has 7 rings (SSSR count). The standard InChI is InChI=1S/C27H17N5/c1-4-12-21-18(9-1)17-28-26(29-21)32-25-16-8-5-13-22(25)30-27(32)31-23-14-6-2-10-19(23)20-11-3-7-15-24(20)31/h1-17H. The van der Waals surface area contributed by atoms with Crippen molar-refractivity contribution in [3.05, 3.63) is 103 Å². The molecule has 0 saturated carbocycles. The SMILES string of the molecule is c1ccc2nc(-n3c(-n4c5ccccc5c5ccccc54)nc4ccccc43)ncc2c1. The molecule has 0 aliphatic heterocycles. The lowest BCUT2D eigenvalue weighted by Crippen LogP contribution is -2.08. The lowest BCUT2D eigenvalue weighted by Gasteiger charge is -2.11. The van der Waals surface area contributed by atoms with Crippen molar-refractivity contribution in [1.82, 2.24) is 24.1 Å². The molecule has 3 aromatic heterocycles. The normalized spacial score (nSPS) is 11.8. The third-order valence-electron chi connectivity index (χ3n) is 6.00. The maximum absolute atomic E-state index is 5.06. The average molecular weight is 411 g/mol. The maximum Gasteiger partial charge on any atom is 0.237 e. The van der Waals surface area contributed by atoms with Crippen molar-refractivity contribution < 1.29 is 0 Å². The minimum atomic E-state index is 0.606. The summed E-state index contributed by atoms with van der Waals surface area (Å²) >= 11 is 0. The van der Waals surface area contributed by atoms with Gasteiger partial charge in [0, 0.05) is 22.4 Å². The summed E-state index contributed by atoms with van der Waals surface area (Å²) in [6, 6.07) is 33.1. The minimum Gasteiger partial charge on any atom is -0.279 e. The second-order valence-electron chi connectivity index (χ2n) is 7.83. The van der Waals surface area contributed by atoms with Gasteiger partial charge in [0.05, 0.1) is 27.6 Å². The van der Waals surface area contributed by atoms with Crippen LogP contribution in [0, 0.1) is 0 Å². The number of imidazole rings is 1. The van der Waals surface area contributed by atoms with Crippen LogP contribution in [-0.4, -0.2) is 24.1 Å². The first-order chi connectivity index (χ1) is 15.9. The summed E-state index contributed by atoms with van der Waals surface area (Å²) < 4.78 is 4.27. The second-order valence-corrected chi connectivity index (χ2v) is 7.83. The maximum atomic E-state index is 5.06. The number of fused-ring (bicyclic) bond motifs is 5. The highest BCUT2D eigenvalue weighted by atomic mass is 15.3. The molecule has 7 aromatic rings. The highest BCUT2D eigenvalue weighted by Gasteiger charge is 2.20. The van der Waals surface area contributed by atoms with Crippen LogP contribution in [-0.2, 0) is 0 Å². The van der Waals surface area contributed by atoms with Crippen LogP contribution in [0.4, 0.5) is 0 Å². The smallest absolute Gasteiger partial charge is 0.237 e. The predicted octanol–water partition coefficient (Wildman–Crippen LogP) is 6.07. The summed E-state index contributed by atoms with van der Waals surface area (Å²) in [6.45, 7) is 0. The fourth-order valence-electron chi connectivity index (χ4n) is 4.57. The fourth-order valence-corrected chi connectivity index (χ4v) is 4.57. The van der Waals surface area contributed by atoms with E-state index in [0.29, 0.717) is 5.95 Å². The van der Waals surface area contributed by atoms with E-state index in [-0.39, 0.29) is 0 Å². The molecule has 3 heterocycles. The Morgan fingerprint density at radius 2 is 1.09 bits per heavy atom. The Balaban J connectivity index is 1.64. The molecule has 0 aliphatic carbocycles. The summed E-state index contributed by atoms with van der Waals surface area (Å²) in [4.78, 5) is 14.7. The summed E-state index contributed by atoms with van der Waals surface area (Å²) in [5.41, 5.74) is 4.99. The van der Waals surface area contributed by atoms with E-state index in [1.165, 1.54) is 10.8 Å². The molecule has 0 fully saturated rings. The van der Waals surface area contributed by atoms with Crippen LogP contribution in [0.2, 0.25) is 0 Å². The third kappa shape index (κ3) is 2.36. The van der Waals surface area contributed by atoms with Gasteiger partial charge in [-0.15, -0.1) is 0 Å². The molecule has 4 aromatic carbocycles. The largest absolute Gasteiger partial charge is 0.279 e. The zero-order valence-corrected chi connectivity index (χ0v) is 17.1. The van der Waals surface area contributed by atoms with E-state index >= 15 is 0 Å². The Bertz CT molecular complexity index is 1740. The zero-order valence-electron chi connectivity index (χ0n) is 17.1. The van der Waals surface area contributed by atoms with Gasteiger partial charge in [-0.25, -0.2) is 19.5 Å². The summed E-state index contributed by atoms with van der Waals surface area (Å²) in [5, 5.41) is 3.40. The van der Waals surface area contributed by atoms with Crippen molar-refractivity contribution in [3.63, 3.8) is 0 Å². The van der Waals surface area contributed by atoms with E-state index in [4.69, 9.17) is 15.0 Å². The summed E-state index contributed by atoms with van der Waals surface area (Å²) in [6.07, 6.45) is 1.88. The number of rotatable bonds is 2. The summed E-state index contributed by atoms with van der Waals surface area (Å²) in [5.74, 6) is 1.38. The third-order valence-corrected chi connectivity index (χ3v) is 6.00. The van der Waals surface area contributed by atoms with E-state index in [1.54, 1.807) is 0 Å². The van der Waals surface area contributed by atoms with Gasteiger partial charge in [0.15, 0.2) is 0 Å². The summed E-state index contributed by atoms with van der Waals surface area (Å²) in [7, 11) is 0. The van der Waals surface area contributed by atoms with Gasteiger partial charge < -0.3 is 0 Å². The molecule has 0 saturated heterocycles. The Hall–Kier alpha value is -4.51. The van der Waals surface area contributed by atoms with Crippen molar-refractivity contribution in [2.24, 2.45) is 0 Å². The van der Waals surface area contributed by atoms with Crippen LogP contribution < -0.4 is 0 Å². The second kappa shape index (κ2) is 6.49. The van der Waals surface area contributed by atoms with Gasteiger partial charge in [-0.1, -0.05) is 66.7 Å². The first-order valence-corrected chi connectivity index (χ1v) is 10.6. The molecular formula is C27H17N5. The molecule has 0 amide bonds. The predicted molar refractivity (Wildman–Crippen MR) is 129 cm³/mol. The van der Waals surface area contributed by atoms with Crippen LogP contribution in [0.5, 0.6) is 0 Å². The number of aromatic nitrogens is 5. The van der Waals surface area contributed by atoms with Crippen LogP contribution >= 0.6 is 0 Å². The van der Waals surface area contributed by atoms with E-state index in [9.17, 15) is 0 Å². The topological polar surface area (TPSA) is 48.5 Å². The zero-order chi connectivity index (χ0) is 21.1. The molecule has 5 nitrogen and oxygen atoms in total. The Kier molecular flexibility index (Phi) is 3.49. The Labute approximate surface area is 183 Å². The lowest BCUT2D eigenvalue weighted by atomic mass is 10.2. The molecule has 0 atom stereocenters. The number of hydrogen-bond acceptors (Lipinski definition) is 3. The molecule has 0 spiro atoms. The highest BCUT2D eigenvalue weighted by molar-refractivity contribution is 6.09. The van der Waals surface area contributed by atoms with Crippen molar-refractivity contribution in [2.45, 2.75) is 0 Å².